The normalized spacial score (nSPS) is 19.4. The third-order valence-corrected chi connectivity index (χ3v) is 5.60. The first kappa shape index (κ1) is 33.4. The second kappa shape index (κ2) is 12.6. The standard InChI is InChI=1S/C13H16N6O10S2.CH4.2H2S/c1-13(4-28-12(15)24)8(10(23)19(13)31(25,26)27)17-9(22)7(18-29-2-6(20)21)5-3-30-11(14)16-5;;;/h3,8H,2,4H2,1H3,(H2,14,16)(H2,15,24)(H,17,22)(H,20,21)(H,25,26,27);1H4;2*1H2/b18-7-;;;/t8-,13-;;;/m1.../s1. The molecule has 0 bridgehead atoms. The number of hydrogen-bond donors (Lipinski definition) is 5. The molecule has 1 aliphatic rings. The number of nitrogens with two attached hydrogens (primary N) is 2. The maximum Gasteiger partial charge on any atom is 0.404 e. The van der Waals surface area contributed by atoms with Crippen molar-refractivity contribution < 1.29 is 46.8 Å². The van der Waals surface area contributed by atoms with Gasteiger partial charge in [0.25, 0.3) is 11.8 Å². The minimum atomic E-state index is -5.08. The van der Waals surface area contributed by atoms with Crippen molar-refractivity contribution in [2.75, 3.05) is 18.9 Å². The van der Waals surface area contributed by atoms with Gasteiger partial charge in [0.15, 0.2) is 10.8 Å². The van der Waals surface area contributed by atoms with E-state index in [-0.39, 0.29) is 49.5 Å². The van der Waals surface area contributed by atoms with Gasteiger partial charge in [0.1, 0.15) is 23.9 Å². The zero-order valence-corrected chi connectivity index (χ0v) is 20.2. The van der Waals surface area contributed by atoms with Gasteiger partial charge in [0, 0.05) is 5.38 Å². The predicted octanol–water partition coefficient (Wildman–Crippen LogP) is -1.62. The van der Waals surface area contributed by atoms with Crippen LogP contribution in [0.3, 0.4) is 0 Å². The highest BCUT2D eigenvalue weighted by Gasteiger charge is 2.63. The molecule has 2 heterocycles. The van der Waals surface area contributed by atoms with E-state index < -0.39 is 64.7 Å². The number of carboxylic acid groups (broad SMARTS) is 1. The molecule has 7 N–H and O–H groups in total. The number of aromatic nitrogens is 1. The van der Waals surface area contributed by atoms with Crippen LogP contribution >= 0.6 is 38.3 Å². The zero-order chi connectivity index (χ0) is 23.6. The number of primary amides is 1. The van der Waals surface area contributed by atoms with Crippen molar-refractivity contribution >= 4 is 83.4 Å². The van der Waals surface area contributed by atoms with Crippen molar-refractivity contribution in [1.29, 1.82) is 0 Å². The smallest absolute Gasteiger partial charge is 0.404 e. The van der Waals surface area contributed by atoms with Gasteiger partial charge in [-0.1, -0.05) is 12.6 Å². The first-order valence-electron chi connectivity index (χ1n) is 7.95. The van der Waals surface area contributed by atoms with Gasteiger partial charge in [0.2, 0.25) is 6.61 Å². The Balaban J connectivity index is 0. The second-order valence-electron chi connectivity index (χ2n) is 6.13. The van der Waals surface area contributed by atoms with Gasteiger partial charge >= 0.3 is 22.4 Å². The van der Waals surface area contributed by atoms with E-state index in [9.17, 15) is 32.1 Å². The minimum Gasteiger partial charge on any atom is -0.479 e. The number of nitrogen functional groups attached to an aromatic ring is 1. The summed E-state index contributed by atoms with van der Waals surface area (Å²) in [5.74, 6) is -3.78. The Hall–Kier alpha value is -2.81. The lowest BCUT2D eigenvalue weighted by Crippen LogP contribution is -2.80. The lowest BCUT2D eigenvalue weighted by molar-refractivity contribution is -0.156. The van der Waals surface area contributed by atoms with E-state index >= 15 is 0 Å². The van der Waals surface area contributed by atoms with Crippen LogP contribution in [0.5, 0.6) is 0 Å². The van der Waals surface area contributed by atoms with Gasteiger partial charge < -0.3 is 31.5 Å². The number of oxime groups is 1. The molecule has 1 fully saturated rings. The van der Waals surface area contributed by atoms with Crippen LogP contribution in [-0.2, 0) is 34.3 Å². The Morgan fingerprint density at radius 1 is 1.38 bits per heavy atom. The van der Waals surface area contributed by atoms with Crippen LogP contribution in [0.1, 0.15) is 20.0 Å². The molecule has 0 unspecified atom stereocenters. The van der Waals surface area contributed by atoms with E-state index in [2.05, 4.69) is 25.0 Å². The number of ether oxygens (including phenoxy) is 1. The molecule has 2 atom stereocenters. The van der Waals surface area contributed by atoms with Gasteiger partial charge in [-0.05, 0) is 6.92 Å². The molecule has 3 amide bonds. The Kier molecular flexibility index (Phi) is 12.4. The lowest BCUT2D eigenvalue weighted by Gasteiger charge is -2.51. The summed E-state index contributed by atoms with van der Waals surface area (Å²) in [6.45, 7) is -0.613. The minimum absolute atomic E-state index is 0. The number of hydrogen-bond acceptors (Lipinski definition) is 12. The van der Waals surface area contributed by atoms with Crippen LogP contribution in [0, 0.1) is 0 Å². The number of β-lactam (4-membered cyclic amide) rings is 1. The average molecular weight is 565 g/mol. The summed E-state index contributed by atoms with van der Waals surface area (Å²) in [4.78, 5) is 54.9. The average Bonchev–Trinajstić information content (AvgIpc) is 3.06. The van der Waals surface area contributed by atoms with Crippen LogP contribution in [-0.4, -0.2) is 81.7 Å². The van der Waals surface area contributed by atoms with Gasteiger partial charge in [-0.3, -0.25) is 14.1 Å². The molecule has 1 aromatic rings. The van der Waals surface area contributed by atoms with Crippen molar-refractivity contribution in [2.45, 2.75) is 25.9 Å². The topological polar surface area (TPSA) is 254 Å². The number of carbonyl (C=O) groups excluding carboxylic acids is 3. The maximum absolute atomic E-state index is 12.7. The molecular weight excluding hydrogens is 540 g/mol. The fraction of sp³-hybridized carbons (Fsp3) is 0.429. The number of aliphatic carboxylic acids is 1. The first-order valence-corrected chi connectivity index (χ1v) is 10.2. The lowest BCUT2D eigenvalue weighted by atomic mass is 9.83. The van der Waals surface area contributed by atoms with E-state index in [1.807, 2.05) is 0 Å². The van der Waals surface area contributed by atoms with Gasteiger partial charge in [-0.2, -0.15) is 35.4 Å². The molecule has 1 aromatic heterocycles. The quantitative estimate of drug-likeness (QED) is 0.0981. The highest BCUT2D eigenvalue weighted by Crippen LogP contribution is 2.35. The molecular formula is C14H24N6O10S4. The number of thiazole rings is 1. The van der Waals surface area contributed by atoms with Crippen LogP contribution in [0.2, 0.25) is 0 Å². The highest BCUT2D eigenvalue weighted by atomic mass is 32.2. The summed E-state index contributed by atoms with van der Waals surface area (Å²) in [6.07, 6.45) is -1.30. The molecule has 194 valence electrons. The Morgan fingerprint density at radius 3 is 2.41 bits per heavy atom. The van der Waals surface area contributed by atoms with Crippen molar-refractivity contribution in [2.24, 2.45) is 10.9 Å². The largest absolute Gasteiger partial charge is 0.479 e. The number of anilines is 1. The molecule has 34 heavy (non-hydrogen) atoms. The maximum atomic E-state index is 12.7. The van der Waals surface area contributed by atoms with Gasteiger partial charge in [-0.25, -0.2) is 18.9 Å². The summed E-state index contributed by atoms with van der Waals surface area (Å²) in [5.41, 5.74) is 7.71. The van der Waals surface area contributed by atoms with Crippen molar-refractivity contribution in [1.82, 2.24) is 14.6 Å². The highest BCUT2D eigenvalue weighted by molar-refractivity contribution is 7.84. The van der Waals surface area contributed by atoms with Crippen LogP contribution in [0.4, 0.5) is 9.93 Å². The number of nitrogens with one attached hydrogen (secondary N) is 1. The Bertz CT molecular complexity index is 1060. The fourth-order valence-electron chi connectivity index (χ4n) is 2.59. The van der Waals surface area contributed by atoms with Crippen LogP contribution in [0.15, 0.2) is 10.5 Å². The first-order chi connectivity index (χ1) is 14.3. The van der Waals surface area contributed by atoms with Crippen LogP contribution in [0.25, 0.3) is 0 Å². The summed E-state index contributed by atoms with van der Waals surface area (Å²) in [7, 11) is -5.08. The molecule has 0 radical (unpaired) electrons. The summed E-state index contributed by atoms with van der Waals surface area (Å²) in [6, 6.07) is -1.62. The van der Waals surface area contributed by atoms with E-state index in [0.29, 0.717) is 0 Å². The molecule has 0 aromatic carbocycles. The van der Waals surface area contributed by atoms with Crippen molar-refractivity contribution in [3.05, 3.63) is 11.1 Å². The zero-order valence-electron chi connectivity index (χ0n) is 16.5. The van der Waals surface area contributed by atoms with Gasteiger partial charge in [-0.15, -0.1) is 11.3 Å². The Morgan fingerprint density at radius 2 is 1.97 bits per heavy atom. The molecule has 0 saturated carbocycles. The Labute approximate surface area is 211 Å². The predicted molar refractivity (Wildman–Crippen MR) is 128 cm³/mol. The fourth-order valence-corrected chi connectivity index (χ4v) is 4.16. The van der Waals surface area contributed by atoms with Gasteiger partial charge in [0.05, 0.1) is 0 Å². The third kappa shape index (κ3) is 7.35. The summed E-state index contributed by atoms with van der Waals surface area (Å²) < 4.78 is 36.9. The van der Waals surface area contributed by atoms with E-state index in [1.165, 1.54) is 5.38 Å². The van der Waals surface area contributed by atoms with E-state index in [1.54, 1.807) is 0 Å². The van der Waals surface area contributed by atoms with Crippen LogP contribution < -0.4 is 16.8 Å². The van der Waals surface area contributed by atoms with E-state index in [0.717, 1.165) is 18.3 Å². The SMILES string of the molecule is C.C[C@@]1(COC(N)=O)[C@H](NC(=O)/C(=N\OCC(=O)O)c2csc(N)n2)C(=O)N1S(=O)(=O)O.S.S. The number of carboxylic acids is 1. The number of amides is 3. The monoisotopic (exact) mass is 564 g/mol. The van der Waals surface area contributed by atoms with Crippen molar-refractivity contribution in [3.8, 4) is 0 Å². The van der Waals surface area contributed by atoms with E-state index in [4.69, 9.17) is 16.6 Å². The number of nitrogens with zero attached hydrogens (tertiary/aromatic N) is 3. The molecule has 1 saturated heterocycles. The third-order valence-electron chi connectivity index (χ3n) is 3.87. The molecule has 1 aliphatic heterocycles. The molecule has 0 spiro atoms. The second-order valence-corrected chi connectivity index (χ2v) is 8.28. The summed E-state index contributed by atoms with van der Waals surface area (Å²) in [5, 5.41) is 15.5. The number of rotatable bonds is 9. The van der Waals surface area contributed by atoms with Crippen molar-refractivity contribution in [3.63, 3.8) is 0 Å². The molecule has 16 nitrogen and oxygen atoms in total. The summed E-state index contributed by atoms with van der Waals surface area (Å²) >= 11 is 0.919. The molecule has 20 heteroatoms. The number of carbonyl (C=O) groups is 4. The molecule has 2 rings (SSSR count). The molecule has 0 aliphatic carbocycles.